The van der Waals surface area contributed by atoms with Crippen molar-refractivity contribution in [2.24, 2.45) is 10.2 Å². The van der Waals surface area contributed by atoms with E-state index in [4.69, 9.17) is 4.74 Å². The van der Waals surface area contributed by atoms with Crippen LogP contribution in [-0.4, -0.2) is 53.6 Å². The Hall–Kier alpha value is -2.63. The van der Waals surface area contributed by atoms with E-state index in [0.717, 1.165) is 23.4 Å². The van der Waals surface area contributed by atoms with Gasteiger partial charge < -0.3 is 19.5 Å². The minimum absolute atomic E-state index is 0.144. The first-order valence-electron chi connectivity index (χ1n) is 8.28. The minimum Gasteiger partial charge on any atom is -0.491 e. The summed E-state index contributed by atoms with van der Waals surface area (Å²) in [5.41, 5.74) is 1.50. The number of amidine groups is 1. The molecule has 1 fully saturated rings. The molecule has 9 nitrogen and oxygen atoms in total. The Morgan fingerprint density at radius 2 is 2.07 bits per heavy atom. The summed E-state index contributed by atoms with van der Waals surface area (Å²) in [4.78, 5) is 23.2. The monoisotopic (exact) mass is 405 g/mol. The van der Waals surface area contributed by atoms with Crippen molar-refractivity contribution in [2.75, 3.05) is 7.11 Å². The van der Waals surface area contributed by atoms with Crippen LogP contribution in [0.15, 0.2) is 33.3 Å². The van der Waals surface area contributed by atoms with Crippen LogP contribution in [0.2, 0.25) is 0 Å². The number of aryl methyl sites for hydroxylation is 1. The molecule has 1 saturated heterocycles. The molecule has 0 atom stereocenters. The highest BCUT2D eigenvalue weighted by molar-refractivity contribution is 8.18. The molecule has 0 bridgehead atoms. The average Bonchev–Trinajstić information content (AvgIpc) is 2.95. The molecule has 0 aromatic heterocycles. The van der Waals surface area contributed by atoms with Crippen molar-refractivity contribution in [3.05, 3.63) is 34.2 Å². The van der Waals surface area contributed by atoms with Crippen LogP contribution >= 0.6 is 11.8 Å². The van der Waals surface area contributed by atoms with Gasteiger partial charge in [-0.25, -0.2) is 4.79 Å². The maximum Gasteiger partial charge on any atom is 0.492 e. The number of benzene rings is 1. The Kier molecular flexibility index (Phi) is 7.38. The number of carbonyl (C=O) groups is 2. The largest absolute Gasteiger partial charge is 0.492 e. The minimum atomic E-state index is -1.71. The van der Waals surface area contributed by atoms with E-state index in [1.807, 2.05) is 13.8 Å². The topological polar surface area (TPSA) is 130 Å². The predicted molar refractivity (Wildman–Crippen MR) is 108 cm³/mol. The van der Waals surface area contributed by atoms with Crippen molar-refractivity contribution in [3.8, 4) is 5.75 Å². The highest BCUT2D eigenvalue weighted by atomic mass is 32.2. The smallest absolute Gasteiger partial charge is 0.491 e. The van der Waals surface area contributed by atoms with E-state index in [9.17, 15) is 19.6 Å². The third-order valence-electron chi connectivity index (χ3n) is 3.37. The fourth-order valence-corrected chi connectivity index (χ4v) is 3.01. The summed E-state index contributed by atoms with van der Waals surface area (Å²) in [6.45, 7) is 5.42. The molecular formula is C17H20BN3O6S. The zero-order valence-electron chi connectivity index (χ0n) is 15.8. The first kappa shape index (κ1) is 21.7. The van der Waals surface area contributed by atoms with E-state index in [1.54, 1.807) is 19.1 Å². The average molecular weight is 405 g/mol. The number of ether oxygens (including phenoxy) is 2. The summed E-state index contributed by atoms with van der Waals surface area (Å²) in [6, 6.07) is 3.37. The van der Waals surface area contributed by atoms with Gasteiger partial charge in [0, 0.05) is 17.1 Å². The molecule has 0 saturated carbocycles. The number of methoxy groups -OCH3 is 1. The van der Waals surface area contributed by atoms with Gasteiger partial charge in [-0.15, -0.1) is 5.10 Å². The van der Waals surface area contributed by atoms with E-state index in [2.05, 4.69) is 20.3 Å². The Labute approximate surface area is 166 Å². The fourth-order valence-electron chi connectivity index (χ4n) is 2.27. The van der Waals surface area contributed by atoms with Gasteiger partial charge in [-0.05, 0) is 38.6 Å². The van der Waals surface area contributed by atoms with Crippen LogP contribution < -0.4 is 15.5 Å². The van der Waals surface area contributed by atoms with Crippen LogP contribution in [0.5, 0.6) is 5.75 Å². The zero-order valence-corrected chi connectivity index (χ0v) is 16.6. The lowest BCUT2D eigenvalue weighted by Crippen LogP contribution is -2.33. The Morgan fingerprint density at radius 1 is 1.36 bits per heavy atom. The van der Waals surface area contributed by atoms with E-state index >= 15 is 0 Å². The zero-order chi connectivity index (χ0) is 20.8. The molecule has 11 heteroatoms. The number of thioether (sulfide) groups is 1. The van der Waals surface area contributed by atoms with Gasteiger partial charge in [0.05, 0.1) is 24.3 Å². The van der Waals surface area contributed by atoms with Gasteiger partial charge in [-0.2, -0.15) is 5.10 Å². The second-order valence-corrected chi connectivity index (χ2v) is 7.08. The molecule has 0 unspecified atom stereocenters. The highest BCUT2D eigenvalue weighted by Crippen LogP contribution is 2.24. The van der Waals surface area contributed by atoms with Gasteiger partial charge in [0.25, 0.3) is 5.91 Å². The number of hydrogen-bond acceptors (Lipinski definition) is 9. The Balaban J connectivity index is 2.29. The molecule has 1 amide bonds. The molecule has 0 aliphatic carbocycles. The fraction of sp³-hybridized carbons (Fsp3) is 0.294. The Bertz CT molecular complexity index is 867. The summed E-state index contributed by atoms with van der Waals surface area (Å²) in [5.74, 6) is -0.837. The molecular weight excluding hydrogens is 385 g/mol. The third-order valence-corrected chi connectivity index (χ3v) is 4.27. The van der Waals surface area contributed by atoms with Gasteiger partial charge >= 0.3 is 13.1 Å². The molecule has 3 N–H and O–H groups in total. The lowest BCUT2D eigenvalue weighted by Gasteiger charge is -2.17. The van der Waals surface area contributed by atoms with Crippen molar-refractivity contribution in [2.45, 2.75) is 26.9 Å². The van der Waals surface area contributed by atoms with Crippen molar-refractivity contribution < 1.29 is 29.1 Å². The predicted octanol–water partition coefficient (Wildman–Crippen LogP) is 0.0718. The van der Waals surface area contributed by atoms with Crippen LogP contribution in [-0.2, 0) is 14.3 Å². The normalized spacial score (nSPS) is 16.9. The first-order valence-corrected chi connectivity index (χ1v) is 9.10. The number of nitrogens with one attached hydrogen (secondary N) is 1. The van der Waals surface area contributed by atoms with Crippen LogP contribution in [0.4, 0.5) is 0 Å². The molecule has 0 spiro atoms. The molecule has 1 aliphatic rings. The summed E-state index contributed by atoms with van der Waals surface area (Å²) >= 11 is 0.948. The summed E-state index contributed by atoms with van der Waals surface area (Å²) < 4.78 is 10.2. The molecule has 1 heterocycles. The van der Waals surface area contributed by atoms with Crippen LogP contribution in [0.25, 0.3) is 0 Å². The van der Waals surface area contributed by atoms with Crippen LogP contribution in [0, 0.1) is 6.92 Å². The summed E-state index contributed by atoms with van der Waals surface area (Å²) in [6.07, 6.45) is 2.25. The van der Waals surface area contributed by atoms with E-state index < -0.39 is 19.0 Å². The lowest BCUT2D eigenvalue weighted by atomic mass is 9.77. The van der Waals surface area contributed by atoms with Crippen molar-refractivity contribution in [1.29, 1.82) is 0 Å². The highest BCUT2D eigenvalue weighted by Gasteiger charge is 2.25. The quantitative estimate of drug-likeness (QED) is 0.201. The van der Waals surface area contributed by atoms with E-state index in [-0.39, 0.29) is 27.4 Å². The third kappa shape index (κ3) is 5.68. The molecule has 1 aromatic rings. The van der Waals surface area contributed by atoms with Gasteiger partial charge in [-0.3, -0.25) is 10.1 Å². The number of rotatable bonds is 6. The molecule has 28 heavy (non-hydrogen) atoms. The second-order valence-electron chi connectivity index (χ2n) is 6.05. The van der Waals surface area contributed by atoms with Crippen molar-refractivity contribution in [1.82, 2.24) is 5.32 Å². The van der Waals surface area contributed by atoms with E-state index in [1.165, 1.54) is 13.3 Å². The van der Waals surface area contributed by atoms with Crippen molar-refractivity contribution >= 4 is 47.6 Å². The lowest BCUT2D eigenvalue weighted by molar-refractivity contribution is -0.135. The standard InChI is InChI=1S/C17H20BN3O6S/c1-9(2)27-15-11(5-10(3)6-12(15)18(24)25)8-19-21-17-20-16(23)13(28-17)7-14(22)26-4/h5-9,24-25H,1-4H3,(H,20,21,23)/b13-7+,19-8?. The SMILES string of the molecule is COC(=O)/C=C1/S/C(=N\N=Cc2cc(C)cc(B(O)O)c2OC(C)C)NC1=O. The number of hydrogen-bond donors (Lipinski definition) is 3. The molecule has 148 valence electrons. The van der Waals surface area contributed by atoms with E-state index in [0.29, 0.717) is 5.56 Å². The van der Waals surface area contributed by atoms with Crippen LogP contribution in [0.3, 0.4) is 0 Å². The second kappa shape index (κ2) is 9.53. The number of amides is 1. The first-order chi connectivity index (χ1) is 13.2. The van der Waals surface area contributed by atoms with Crippen molar-refractivity contribution in [3.63, 3.8) is 0 Å². The maximum absolute atomic E-state index is 11.8. The molecule has 1 aromatic carbocycles. The van der Waals surface area contributed by atoms with Crippen LogP contribution in [0.1, 0.15) is 25.0 Å². The summed E-state index contributed by atoms with van der Waals surface area (Å²) in [5, 5.41) is 29.8. The molecule has 0 radical (unpaired) electrons. The van der Waals surface area contributed by atoms with Gasteiger partial charge in [0.1, 0.15) is 5.75 Å². The Morgan fingerprint density at radius 3 is 2.68 bits per heavy atom. The molecule has 2 rings (SSSR count). The molecule has 1 aliphatic heterocycles. The maximum atomic E-state index is 11.8. The summed E-state index contributed by atoms with van der Waals surface area (Å²) in [7, 11) is -0.491. The number of carbonyl (C=O) groups excluding carboxylic acids is 2. The van der Waals surface area contributed by atoms with Gasteiger partial charge in [0.15, 0.2) is 5.17 Å². The van der Waals surface area contributed by atoms with Gasteiger partial charge in [0.2, 0.25) is 0 Å². The number of esters is 1. The van der Waals surface area contributed by atoms with Gasteiger partial charge in [-0.1, -0.05) is 11.6 Å². The number of nitrogens with zero attached hydrogens (tertiary/aromatic N) is 2.